The summed E-state index contributed by atoms with van der Waals surface area (Å²) in [6.07, 6.45) is 8.31. The van der Waals surface area contributed by atoms with E-state index in [1.165, 1.54) is 25.0 Å². The molecule has 1 aromatic carbocycles. The van der Waals surface area contributed by atoms with E-state index >= 15 is 0 Å². The average molecular weight is 501 g/mol. The smallest absolute Gasteiger partial charge is 0.390 e. The van der Waals surface area contributed by atoms with Crippen molar-refractivity contribution in [1.29, 1.82) is 0 Å². The Morgan fingerprint density at radius 3 is 2.53 bits per heavy atom. The van der Waals surface area contributed by atoms with Gasteiger partial charge >= 0.3 is 6.18 Å². The third-order valence-corrected chi connectivity index (χ3v) is 11.4. The van der Waals surface area contributed by atoms with Crippen LogP contribution in [-0.2, 0) is 12.6 Å². The highest BCUT2D eigenvalue weighted by Crippen LogP contribution is 2.65. The maximum atomic E-state index is 13.5. The molecule has 1 N–H and O–H groups in total. The molecule has 198 valence electrons. The third kappa shape index (κ3) is 4.10. The molecule has 2 saturated carbocycles. The Bertz CT molecular complexity index is 1070. The molecule has 0 bridgehead atoms. The van der Waals surface area contributed by atoms with Gasteiger partial charge in [-0.05, 0) is 116 Å². The quantitative estimate of drug-likeness (QED) is 0.438. The van der Waals surface area contributed by atoms with Crippen LogP contribution in [0.15, 0.2) is 47.6 Å². The van der Waals surface area contributed by atoms with Gasteiger partial charge in [-0.25, -0.2) is 0 Å². The highest BCUT2D eigenvalue weighted by atomic mass is 19.4. The molecular weight excluding hydrogens is 457 g/mol. The van der Waals surface area contributed by atoms with Crippen molar-refractivity contribution in [3.8, 4) is 0 Å². The topological polar surface area (TPSA) is 20.2 Å². The van der Waals surface area contributed by atoms with E-state index in [0.29, 0.717) is 41.6 Å². The highest BCUT2D eigenvalue weighted by molar-refractivity contribution is 5.42. The maximum absolute atomic E-state index is 13.5. The van der Waals surface area contributed by atoms with Crippen LogP contribution in [0.3, 0.4) is 0 Å². The van der Waals surface area contributed by atoms with Crippen molar-refractivity contribution in [2.45, 2.75) is 97.8 Å². The predicted octanol–water partition coefficient (Wildman–Crippen LogP) is 8.77. The van der Waals surface area contributed by atoms with E-state index < -0.39 is 17.3 Å². The molecule has 4 aliphatic carbocycles. The summed E-state index contributed by atoms with van der Waals surface area (Å²) in [6, 6.07) is 6.08. The number of halogens is 3. The van der Waals surface area contributed by atoms with Gasteiger partial charge in [0.15, 0.2) is 0 Å². The van der Waals surface area contributed by atoms with Gasteiger partial charge < -0.3 is 5.11 Å². The molecule has 5 rings (SSSR count). The predicted molar refractivity (Wildman–Crippen MR) is 139 cm³/mol. The molecule has 2 fully saturated rings. The van der Waals surface area contributed by atoms with Gasteiger partial charge in [-0.2, -0.15) is 13.2 Å². The Balaban J connectivity index is 1.37. The van der Waals surface area contributed by atoms with Gasteiger partial charge in [0, 0.05) is 0 Å². The zero-order chi connectivity index (χ0) is 26.1. The zero-order valence-corrected chi connectivity index (χ0v) is 22.6. The van der Waals surface area contributed by atoms with Crippen LogP contribution in [-0.4, -0.2) is 10.7 Å². The van der Waals surface area contributed by atoms with E-state index in [1.807, 2.05) is 6.92 Å². The molecule has 0 heterocycles. The van der Waals surface area contributed by atoms with Crippen LogP contribution < -0.4 is 0 Å². The standard InChI is InChI=1S/C32H43F3O/c1-20(10-11-22-8-6-7-9-26(22)32(33,34)35)25-14-15-27-24-13-12-23-19-31(5,36)21(2)18-30(23,4)28(24)16-17-29(25,27)3/h6-9,12-13,20-21,23,25,28,36H,10-11,14-19H2,1-5H3/t20-,21?,23?,25-,28+,29-,30+,31?/m1/s1. The van der Waals surface area contributed by atoms with Crippen molar-refractivity contribution in [3.63, 3.8) is 0 Å². The number of fused-ring (bicyclic) bond motifs is 4. The fourth-order valence-electron chi connectivity index (χ4n) is 8.98. The van der Waals surface area contributed by atoms with Crippen LogP contribution in [0.5, 0.6) is 0 Å². The second-order valence-electron chi connectivity index (χ2n) is 13.4. The van der Waals surface area contributed by atoms with Crippen molar-refractivity contribution in [2.75, 3.05) is 0 Å². The molecule has 0 radical (unpaired) electrons. The number of hydrogen-bond donors (Lipinski definition) is 1. The van der Waals surface area contributed by atoms with Crippen LogP contribution in [0.1, 0.15) is 90.7 Å². The first kappa shape index (κ1) is 26.1. The molecule has 1 nitrogen and oxygen atoms in total. The van der Waals surface area contributed by atoms with Gasteiger partial charge in [0.1, 0.15) is 0 Å². The highest BCUT2D eigenvalue weighted by Gasteiger charge is 2.57. The third-order valence-electron chi connectivity index (χ3n) is 11.4. The minimum Gasteiger partial charge on any atom is -0.390 e. The lowest BCUT2D eigenvalue weighted by molar-refractivity contribution is -0.138. The van der Waals surface area contributed by atoms with E-state index in [4.69, 9.17) is 0 Å². The fraction of sp³-hybridized carbons (Fsp3) is 0.688. The molecule has 4 aliphatic rings. The Morgan fingerprint density at radius 1 is 1.08 bits per heavy atom. The molecule has 0 aliphatic heterocycles. The summed E-state index contributed by atoms with van der Waals surface area (Å²) in [7, 11) is 0. The first-order chi connectivity index (χ1) is 16.8. The number of allylic oxidation sites excluding steroid dienone is 4. The van der Waals surface area contributed by atoms with Crippen molar-refractivity contribution in [3.05, 3.63) is 58.7 Å². The maximum Gasteiger partial charge on any atom is 0.416 e. The molecule has 3 unspecified atom stereocenters. The number of rotatable bonds is 4. The fourth-order valence-corrected chi connectivity index (χ4v) is 8.98. The monoisotopic (exact) mass is 500 g/mol. The van der Waals surface area contributed by atoms with Crippen molar-refractivity contribution in [1.82, 2.24) is 0 Å². The van der Waals surface area contributed by atoms with Gasteiger partial charge in [-0.1, -0.05) is 63.6 Å². The molecule has 1 aromatic rings. The van der Waals surface area contributed by atoms with Gasteiger partial charge in [0.25, 0.3) is 0 Å². The van der Waals surface area contributed by atoms with Crippen LogP contribution in [0.4, 0.5) is 13.2 Å². The summed E-state index contributed by atoms with van der Waals surface area (Å²) < 4.78 is 40.5. The van der Waals surface area contributed by atoms with E-state index in [9.17, 15) is 18.3 Å². The summed E-state index contributed by atoms with van der Waals surface area (Å²) in [5.41, 5.74) is 2.90. The van der Waals surface area contributed by atoms with Crippen LogP contribution in [0, 0.1) is 40.4 Å². The van der Waals surface area contributed by atoms with Gasteiger partial charge in [0.2, 0.25) is 0 Å². The number of alkyl halides is 3. The van der Waals surface area contributed by atoms with E-state index in [-0.39, 0.29) is 10.8 Å². The molecule has 4 heteroatoms. The largest absolute Gasteiger partial charge is 0.416 e. The Labute approximate surface area is 215 Å². The van der Waals surface area contributed by atoms with Crippen molar-refractivity contribution < 1.29 is 18.3 Å². The van der Waals surface area contributed by atoms with E-state index in [2.05, 4.69) is 39.8 Å². The second kappa shape index (κ2) is 8.75. The minimum atomic E-state index is -4.29. The number of aliphatic hydroxyl groups is 1. The summed E-state index contributed by atoms with van der Waals surface area (Å²) in [4.78, 5) is 0. The summed E-state index contributed by atoms with van der Waals surface area (Å²) >= 11 is 0. The first-order valence-corrected chi connectivity index (χ1v) is 14.1. The number of hydrogen-bond acceptors (Lipinski definition) is 1. The molecule has 0 saturated heterocycles. The van der Waals surface area contributed by atoms with Crippen molar-refractivity contribution in [2.24, 2.45) is 40.4 Å². The Kier molecular flexibility index (Phi) is 6.34. The van der Waals surface area contributed by atoms with E-state index in [0.717, 1.165) is 32.1 Å². The minimum absolute atomic E-state index is 0.147. The lowest BCUT2D eigenvalue weighted by Gasteiger charge is -2.57. The summed E-state index contributed by atoms with van der Waals surface area (Å²) in [5.74, 6) is 2.17. The lowest BCUT2D eigenvalue weighted by atomic mass is 9.48. The summed E-state index contributed by atoms with van der Waals surface area (Å²) in [5, 5.41) is 11.0. The SMILES string of the molecule is CC1C[C@@]2(C)C(C=CC3=C4CC[C@H]([C@H](C)CCc5ccccc5C(F)(F)F)[C@@]4(C)CC[C@@H]32)CC1(C)O. The zero-order valence-electron chi connectivity index (χ0n) is 22.6. The molecule has 36 heavy (non-hydrogen) atoms. The average Bonchev–Trinajstić information content (AvgIpc) is 3.15. The Morgan fingerprint density at radius 2 is 1.81 bits per heavy atom. The normalized spacial score (nSPS) is 41.0. The lowest BCUT2D eigenvalue weighted by Crippen LogP contribution is -2.52. The van der Waals surface area contributed by atoms with E-state index in [1.54, 1.807) is 23.3 Å². The molecule has 8 atom stereocenters. The molecule has 0 amide bonds. The Hall–Kier alpha value is -1.55. The van der Waals surface area contributed by atoms with Gasteiger partial charge in [-0.15, -0.1) is 0 Å². The summed E-state index contributed by atoms with van der Waals surface area (Å²) in [6.45, 7) is 11.4. The molecular formula is C32H43F3O. The van der Waals surface area contributed by atoms with Gasteiger partial charge in [0.05, 0.1) is 11.2 Å². The van der Waals surface area contributed by atoms with Gasteiger partial charge in [-0.3, -0.25) is 0 Å². The molecule has 0 aromatic heterocycles. The second-order valence-corrected chi connectivity index (χ2v) is 13.4. The molecule has 0 spiro atoms. The van der Waals surface area contributed by atoms with Crippen LogP contribution in [0.25, 0.3) is 0 Å². The first-order valence-electron chi connectivity index (χ1n) is 14.1. The van der Waals surface area contributed by atoms with Crippen LogP contribution >= 0.6 is 0 Å². The number of aryl methyl sites for hydroxylation is 1. The number of benzene rings is 1. The van der Waals surface area contributed by atoms with Crippen molar-refractivity contribution >= 4 is 0 Å². The van der Waals surface area contributed by atoms with Crippen LogP contribution in [0.2, 0.25) is 0 Å².